The van der Waals surface area contributed by atoms with Crippen molar-refractivity contribution in [3.8, 4) is 11.8 Å². The zero-order valence-corrected chi connectivity index (χ0v) is 13.8. The largest absolute Gasteiger partial charge is 0.465 e. The van der Waals surface area contributed by atoms with Gasteiger partial charge in [-0.1, -0.05) is 60.9 Å². The van der Waals surface area contributed by atoms with Gasteiger partial charge in [0.25, 0.3) is 0 Å². The van der Waals surface area contributed by atoms with Crippen LogP contribution in [0.1, 0.15) is 71.1 Å². The summed E-state index contributed by atoms with van der Waals surface area (Å²) in [5.41, 5.74) is 0. The maximum Gasteiger partial charge on any atom is 0.317 e. The molecule has 0 radical (unpaired) electrons. The number of ether oxygens (including phenoxy) is 1. The van der Waals surface area contributed by atoms with Crippen LogP contribution in [0.25, 0.3) is 0 Å². The van der Waals surface area contributed by atoms with Gasteiger partial charge in [0.05, 0.1) is 6.61 Å². The number of halogens is 1. The van der Waals surface area contributed by atoms with Gasteiger partial charge in [-0.3, -0.25) is 4.79 Å². The Balaban J connectivity index is 3.29. The lowest BCUT2D eigenvalue weighted by Gasteiger charge is -2.02. The highest BCUT2D eigenvalue weighted by Gasteiger charge is 1.99. The van der Waals surface area contributed by atoms with E-state index in [9.17, 15) is 4.79 Å². The summed E-state index contributed by atoms with van der Waals surface area (Å²) in [7, 11) is 0. The van der Waals surface area contributed by atoms with Gasteiger partial charge in [0.1, 0.15) is 6.42 Å². The molecule has 0 saturated heterocycles. The minimum absolute atomic E-state index is 0.179. The maximum atomic E-state index is 11.3. The predicted molar refractivity (Wildman–Crippen MR) is 84.4 cm³/mol. The molecular weight excluding hydrogens is 304 g/mol. The highest BCUT2D eigenvalue weighted by molar-refractivity contribution is 9.09. The van der Waals surface area contributed by atoms with E-state index in [4.69, 9.17) is 4.74 Å². The SMILES string of the molecule is CCCCCCCCOC(=O)CC#CCCCCBr. The van der Waals surface area contributed by atoms with Crippen LogP contribution < -0.4 is 0 Å². The van der Waals surface area contributed by atoms with E-state index in [1.165, 1.54) is 25.7 Å². The van der Waals surface area contributed by atoms with Crippen LogP contribution in [0.3, 0.4) is 0 Å². The molecule has 0 saturated carbocycles. The van der Waals surface area contributed by atoms with Crippen molar-refractivity contribution >= 4 is 21.9 Å². The molecule has 0 rings (SSSR count). The van der Waals surface area contributed by atoms with Crippen molar-refractivity contribution in [1.29, 1.82) is 0 Å². The lowest BCUT2D eigenvalue weighted by Crippen LogP contribution is -2.04. The van der Waals surface area contributed by atoms with Crippen molar-refractivity contribution in [3.05, 3.63) is 0 Å². The fraction of sp³-hybridized carbons (Fsp3) is 0.812. The number of carbonyl (C=O) groups is 1. The van der Waals surface area contributed by atoms with Gasteiger partial charge in [-0.15, -0.1) is 5.92 Å². The van der Waals surface area contributed by atoms with Gasteiger partial charge in [0.15, 0.2) is 0 Å². The Hall–Kier alpha value is -0.490. The van der Waals surface area contributed by atoms with Crippen LogP contribution in [0, 0.1) is 11.8 Å². The van der Waals surface area contributed by atoms with E-state index in [1.54, 1.807) is 0 Å². The molecule has 0 amide bonds. The molecule has 0 aliphatic heterocycles. The van der Waals surface area contributed by atoms with Gasteiger partial charge in [0.2, 0.25) is 0 Å². The van der Waals surface area contributed by atoms with Crippen LogP contribution in [0.4, 0.5) is 0 Å². The first-order valence-electron chi connectivity index (χ1n) is 7.48. The summed E-state index contributed by atoms with van der Waals surface area (Å²) in [5.74, 6) is 5.70. The summed E-state index contributed by atoms with van der Waals surface area (Å²) >= 11 is 3.37. The second-order valence-electron chi connectivity index (χ2n) is 4.66. The van der Waals surface area contributed by atoms with Gasteiger partial charge in [-0.2, -0.15) is 0 Å². The van der Waals surface area contributed by atoms with Crippen molar-refractivity contribution in [2.24, 2.45) is 0 Å². The van der Waals surface area contributed by atoms with E-state index in [1.807, 2.05) is 0 Å². The molecule has 19 heavy (non-hydrogen) atoms. The molecule has 0 aromatic heterocycles. The molecule has 0 unspecified atom stereocenters. The monoisotopic (exact) mass is 330 g/mol. The number of rotatable bonds is 11. The van der Waals surface area contributed by atoms with E-state index in [-0.39, 0.29) is 12.4 Å². The highest BCUT2D eigenvalue weighted by atomic mass is 79.9. The average Bonchev–Trinajstić information content (AvgIpc) is 2.41. The van der Waals surface area contributed by atoms with E-state index >= 15 is 0 Å². The minimum atomic E-state index is -0.179. The topological polar surface area (TPSA) is 26.3 Å². The third-order valence-corrected chi connectivity index (χ3v) is 3.36. The molecule has 0 spiro atoms. The van der Waals surface area contributed by atoms with E-state index in [0.29, 0.717) is 6.61 Å². The Morgan fingerprint density at radius 2 is 1.74 bits per heavy atom. The maximum absolute atomic E-state index is 11.3. The van der Waals surface area contributed by atoms with Crippen molar-refractivity contribution in [2.45, 2.75) is 71.1 Å². The number of carbonyl (C=O) groups excluding carboxylic acids is 1. The molecule has 0 heterocycles. The fourth-order valence-electron chi connectivity index (χ4n) is 1.65. The first-order valence-corrected chi connectivity index (χ1v) is 8.60. The second kappa shape index (κ2) is 15.6. The summed E-state index contributed by atoms with van der Waals surface area (Å²) in [5, 5.41) is 1.02. The third kappa shape index (κ3) is 15.5. The van der Waals surface area contributed by atoms with Gasteiger partial charge in [-0.05, 0) is 19.3 Å². The van der Waals surface area contributed by atoms with Crippen molar-refractivity contribution in [1.82, 2.24) is 0 Å². The minimum Gasteiger partial charge on any atom is -0.465 e. The average molecular weight is 331 g/mol. The molecule has 0 aromatic rings. The van der Waals surface area contributed by atoms with E-state index in [2.05, 4.69) is 34.7 Å². The fourth-order valence-corrected chi connectivity index (χ4v) is 2.05. The van der Waals surface area contributed by atoms with Crippen LogP contribution in [0.5, 0.6) is 0 Å². The van der Waals surface area contributed by atoms with Crippen LogP contribution >= 0.6 is 15.9 Å². The molecule has 0 fully saturated rings. The summed E-state index contributed by atoms with van der Waals surface area (Å²) < 4.78 is 5.13. The number of hydrogen-bond acceptors (Lipinski definition) is 2. The first kappa shape index (κ1) is 18.5. The molecule has 3 heteroatoms. The zero-order valence-electron chi connectivity index (χ0n) is 12.2. The Labute approximate surface area is 126 Å². The Morgan fingerprint density at radius 1 is 1.00 bits per heavy atom. The van der Waals surface area contributed by atoms with Gasteiger partial charge in [0, 0.05) is 11.8 Å². The lowest BCUT2D eigenvalue weighted by molar-refractivity contribution is -0.142. The molecular formula is C16H27BrO2. The molecule has 0 bridgehead atoms. The normalized spacial score (nSPS) is 9.79. The van der Waals surface area contributed by atoms with Crippen LogP contribution in [0.15, 0.2) is 0 Å². The van der Waals surface area contributed by atoms with Crippen molar-refractivity contribution in [2.75, 3.05) is 11.9 Å². The van der Waals surface area contributed by atoms with Crippen LogP contribution in [-0.2, 0) is 9.53 Å². The predicted octanol–water partition coefficient (Wildman–Crippen LogP) is 4.85. The van der Waals surface area contributed by atoms with Crippen molar-refractivity contribution in [3.63, 3.8) is 0 Å². The van der Waals surface area contributed by atoms with Crippen LogP contribution in [0.2, 0.25) is 0 Å². The number of unbranched alkanes of at least 4 members (excludes halogenated alkanes) is 7. The second-order valence-corrected chi connectivity index (χ2v) is 5.46. The molecule has 110 valence electrons. The Bertz CT molecular complexity index is 266. The third-order valence-electron chi connectivity index (χ3n) is 2.80. The smallest absolute Gasteiger partial charge is 0.317 e. The molecule has 0 atom stereocenters. The van der Waals surface area contributed by atoms with Gasteiger partial charge >= 0.3 is 5.97 Å². The Kier molecular flexibility index (Phi) is 15.2. The van der Waals surface area contributed by atoms with Crippen molar-refractivity contribution < 1.29 is 9.53 Å². The molecule has 0 aromatic carbocycles. The van der Waals surface area contributed by atoms with Gasteiger partial charge < -0.3 is 4.74 Å². The summed E-state index contributed by atoms with van der Waals surface area (Å²) in [6.07, 6.45) is 10.6. The van der Waals surface area contributed by atoms with E-state index in [0.717, 1.165) is 37.4 Å². The zero-order chi connectivity index (χ0) is 14.2. The van der Waals surface area contributed by atoms with E-state index < -0.39 is 0 Å². The lowest BCUT2D eigenvalue weighted by atomic mass is 10.1. The summed E-state index contributed by atoms with van der Waals surface area (Å²) in [6.45, 7) is 2.76. The first-order chi connectivity index (χ1) is 9.31. The number of alkyl halides is 1. The summed E-state index contributed by atoms with van der Waals surface area (Å²) in [6, 6.07) is 0. The number of hydrogen-bond donors (Lipinski definition) is 0. The number of esters is 1. The van der Waals surface area contributed by atoms with Gasteiger partial charge in [-0.25, -0.2) is 0 Å². The standard InChI is InChI=1S/C16H27BrO2/c1-2-3-4-5-9-12-15-19-16(18)13-10-7-6-8-11-14-17/h2-6,8-9,11-15H2,1H3. The molecule has 0 aliphatic rings. The summed E-state index contributed by atoms with van der Waals surface area (Å²) in [4.78, 5) is 11.3. The molecule has 2 nitrogen and oxygen atoms in total. The quantitative estimate of drug-likeness (QED) is 0.234. The highest BCUT2D eigenvalue weighted by Crippen LogP contribution is 2.05. The Morgan fingerprint density at radius 3 is 2.47 bits per heavy atom. The van der Waals surface area contributed by atoms with Crippen LogP contribution in [-0.4, -0.2) is 17.9 Å². The molecule has 0 aliphatic carbocycles. The molecule has 0 N–H and O–H groups in total.